The molecule has 0 aromatic rings. The van der Waals surface area contributed by atoms with E-state index in [0.29, 0.717) is 12.0 Å². The third-order valence-electron chi connectivity index (χ3n) is 3.21. The van der Waals surface area contributed by atoms with Crippen LogP contribution in [0.25, 0.3) is 0 Å². The maximum Gasteiger partial charge on any atom is 0.223 e. The molecule has 2 atom stereocenters. The fraction of sp³-hybridized carbons (Fsp3) is 0.929. The van der Waals surface area contributed by atoms with Gasteiger partial charge in [0.2, 0.25) is 5.91 Å². The number of rotatable bonds is 7. The summed E-state index contributed by atoms with van der Waals surface area (Å²) in [6.45, 7) is 9.64. The number of hydrogen-bond donors (Lipinski definition) is 2. The molecule has 1 saturated heterocycles. The van der Waals surface area contributed by atoms with Crippen molar-refractivity contribution in [2.24, 2.45) is 11.8 Å². The van der Waals surface area contributed by atoms with E-state index in [2.05, 4.69) is 31.4 Å². The van der Waals surface area contributed by atoms with Crippen LogP contribution in [0.5, 0.6) is 0 Å². The largest absolute Gasteiger partial charge is 0.381 e. The van der Waals surface area contributed by atoms with Crippen LogP contribution in [0.15, 0.2) is 0 Å². The van der Waals surface area contributed by atoms with Crippen molar-refractivity contribution in [2.75, 3.05) is 26.3 Å². The molecule has 0 bridgehead atoms. The molecule has 0 saturated carbocycles. The molecule has 1 fully saturated rings. The maximum absolute atomic E-state index is 11.9. The van der Waals surface area contributed by atoms with Crippen molar-refractivity contribution < 1.29 is 9.53 Å². The van der Waals surface area contributed by atoms with Crippen molar-refractivity contribution >= 4 is 5.91 Å². The van der Waals surface area contributed by atoms with E-state index in [0.717, 1.165) is 45.6 Å². The fourth-order valence-corrected chi connectivity index (χ4v) is 2.22. The van der Waals surface area contributed by atoms with Gasteiger partial charge in [-0.05, 0) is 38.6 Å². The summed E-state index contributed by atoms with van der Waals surface area (Å²) in [4.78, 5) is 11.9. The molecule has 4 heteroatoms. The first-order chi connectivity index (χ1) is 8.59. The summed E-state index contributed by atoms with van der Waals surface area (Å²) in [6.07, 6.45) is 2.81. The van der Waals surface area contributed by atoms with E-state index in [9.17, 15) is 4.79 Å². The van der Waals surface area contributed by atoms with E-state index in [1.165, 1.54) is 0 Å². The standard InChI is InChI=1S/C14H28N2O2/c1-11(2)10-18-8-4-6-16-14(17)13-5-7-15-12(3)9-13/h11-13,15H,4-10H2,1-3H3,(H,16,17)/t12-,13-/m0/s1. The summed E-state index contributed by atoms with van der Waals surface area (Å²) in [7, 11) is 0. The highest BCUT2D eigenvalue weighted by Crippen LogP contribution is 2.15. The van der Waals surface area contributed by atoms with Crippen molar-refractivity contribution in [1.82, 2.24) is 10.6 Å². The van der Waals surface area contributed by atoms with Gasteiger partial charge in [-0.2, -0.15) is 0 Å². The van der Waals surface area contributed by atoms with Gasteiger partial charge in [0.15, 0.2) is 0 Å². The van der Waals surface area contributed by atoms with Gasteiger partial charge < -0.3 is 15.4 Å². The Kier molecular flexibility index (Phi) is 7.28. The van der Waals surface area contributed by atoms with Gasteiger partial charge in [0.05, 0.1) is 0 Å². The number of hydrogen-bond acceptors (Lipinski definition) is 3. The molecule has 1 aliphatic rings. The third kappa shape index (κ3) is 6.36. The molecule has 0 aromatic carbocycles. The lowest BCUT2D eigenvalue weighted by Crippen LogP contribution is -2.42. The second-order valence-corrected chi connectivity index (χ2v) is 5.69. The lowest BCUT2D eigenvalue weighted by molar-refractivity contribution is -0.126. The average Bonchev–Trinajstić information content (AvgIpc) is 2.33. The number of carbonyl (C=O) groups excluding carboxylic acids is 1. The van der Waals surface area contributed by atoms with Crippen LogP contribution in [0.2, 0.25) is 0 Å². The Labute approximate surface area is 111 Å². The number of ether oxygens (including phenoxy) is 1. The van der Waals surface area contributed by atoms with Crippen LogP contribution in [0.4, 0.5) is 0 Å². The van der Waals surface area contributed by atoms with Gasteiger partial charge in [0.1, 0.15) is 0 Å². The second kappa shape index (κ2) is 8.48. The zero-order chi connectivity index (χ0) is 13.4. The van der Waals surface area contributed by atoms with Gasteiger partial charge in [-0.1, -0.05) is 13.8 Å². The molecule has 0 spiro atoms. The number of nitrogens with one attached hydrogen (secondary N) is 2. The molecule has 1 amide bonds. The minimum absolute atomic E-state index is 0.192. The lowest BCUT2D eigenvalue weighted by Gasteiger charge is -2.27. The smallest absolute Gasteiger partial charge is 0.223 e. The van der Waals surface area contributed by atoms with E-state index >= 15 is 0 Å². The molecule has 0 aromatic heterocycles. The number of carbonyl (C=O) groups is 1. The van der Waals surface area contributed by atoms with Gasteiger partial charge in [-0.15, -0.1) is 0 Å². The quantitative estimate of drug-likeness (QED) is 0.680. The van der Waals surface area contributed by atoms with Gasteiger partial charge in [-0.3, -0.25) is 4.79 Å². The summed E-state index contributed by atoms with van der Waals surface area (Å²) in [5.74, 6) is 0.987. The zero-order valence-electron chi connectivity index (χ0n) is 12.0. The monoisotopic (exact) mass is 256 g/mol. The van der Waals surface area contributed by atoms with Crippen LogP contribution >= 0.6 is 0 Å². The zero-order valence-corrected chi connectivity index (χ0v) is 12.0. The number of amides is 1. The van der Waals surface area contributed by atoms with Crippen LogP contribution in [0.3, 0.4) is 0 Å². The Morgan fingerprint density at radius 3 is 2.94 bits per heavy atom. The number of piperidine rings is 1. The highest BCUT2D eigenvalue weighted by molar-refractivity contribution is 5.78. The highest BCUT2D eigenvalue weighted by atomic mass is 16.5. The summed E-state index contributed by atoms with van der Waals surface area (Å²) >= 11 is 0. The molecule has 106 valence electrons. The lowest BCUT2D eigenvalue weighted by atomic mass is 9.92. The SMILES string of the molecule is CC(C)COCCCNC(=O)[C@H]1CCN[C@@H](C)C1. The van der Waals surface area contributed by atoms with Crippen molar-refractivity contribution in [3.8, 4) is 0 Å². The Balaban J connectivity index is 2.02. The molecule has 4 nitrogen and oxygen atoms in total. The first-order valence-corrected chi connectivity index (χ1v) is 7.18. The Hall–Kier alpha value is -0.610. The van der Waals surface area contributed by atoms with Crippen molar-refractivity contribution in [3.63, 3.8) is 0 Å². The molecule has 1 heterocycles. The van der Waals surface area contributed by atoms with E-state index < -0.39 is 0 Å². The van der Waals surface area contributed by atoms with E-state index in [4.69, 9.17) is 4.74 Å². The normalized spacial score (nSPS) is 24.2. The predicted octanol–water partition coefficient (Wildman–Crippen LogP) is 1.55. The maximum atomic E-state index is 11.9. The summed E-state index contributed by atoms with van der Waals surface area (Å²) in [5, 5.41) is 6.38. The molecule has 2 N–H and O–H groups in total. The van der Waals surface area contributed by atoms with Crippen LogP contribution in [0, 0.1) is 11.8 Å². The Morgan fingerprint density at radius 2 is 2.28 bits per heavy atom. The summed E-state index contributed by atoms with van der Waals surface area (Å²) in [6, 6.07) is 0.462. The summed E-state index contributed by atoms with van der Waals surface area (Å²) in [5.41, 5.74) is 0. The van der Waals surface area contributed by atoms with Crippen molar-refractivity contribution in [1.29, 1.82) is 0 Å². The first-order valence-electron chi connectivity index (χ1n) is 7.18. The van der Waals surface area contributed by atoms with Crippen molar-refractivity contribution in [2.45, 2.75) is 46.1 Å². The third-order valence-corrected chi connectivity index (χ3v) is 3.21. The fourth-order valence-electron chi connectivity index (χ4n) is 2.22. The molecular formula is C14H28N2O2. The minimum Gasteiger partial charge on any atom is -0.381 e. The van der Waals surface area contributed by atoms with Crippen LogP contribution < -0.4 is 10.6 Å². The minimum atomic E-state index is 0.192. The molecule has 0 unspecified atom stereocenters. The van der Waals surface area contributed by atoms with Gasteiger partial charge in [0.25, 0.3) is 0 Å². The molecule has 0 radical (unpaired) electrons. The van der Waals surface area contributed by atoms with E-state index in [1.807, 2.05) is 0 Å². The predicted molar refractivity (Wildman–Crippen MR) is 73.5 cm³/mol. The Bertz CT molecular complexity index is 244. The van der Waals surface area contributed by atoms with Crippen LogP contribution in [0.1, 0.15) is 40.0 Å². The highest BCUT2D eigenvalue weighted by Gasteiger charge is 2.23. The molecular weight excluding hydrogens is 228 g/mol. The average molecular weight is 256 g/mol. The van der Waals surface area contributed by atoms with E-state index in [-0.39, 0.29) is 11.8 Å². The summed E-state index contributed by atoms with van der Waals surface area (Å²) < 4.78 is 5.48. The molecule has 18 heavy (non-hydrogen) atoms. The van der Waals surface area contributed by atoms with Gasteiger partial charge in [0, 0.05) is 31.7 Å². The second-order valence-electron chi connectivity index (χ2n) is 5.69. The van der Waals surface area contributed by atoms with Crippen LogP contribution in [-0.4, -0.2) is 38.3 Å². The van der Waals surface area contributed by atoms with E-state index in [1.54, 1.807) is 0 Å². The van der Waals surface area contributed by atoms with Gasteiger partial charge >= 0.3 is 0 Å². The van der Waals surface area contributed by atoms with Gasteiger partial charge in [-0.25, -0.2) is 0 Å². The first kappa shape index (κ1) is 15.4. The molecule has 1 aliphatic heterocycles. The molecule has 0 aliphatic carbocycles. The Morgan fingerprint density at radius 1 is 1.50 bits per heavy atom. The van der Waals surface area contributed by atoms with Crippen LogP contribution in [-0.2, 0) is 9.53 Å². The topological polar surface area (TPSA) is 50.4 Å². The van der Waals surface area contributed by atoms with Crippen molar-refractivity contribution in [3.05, 3.63) is 0 Å². The molecule has 1 rings (SSSR count).